The first kappa shape index (κ1) is 14.7. The van der Waals surface area contributed by atoms with Crippen molar-refractivity contribution in [1.29, 1.82) is 0 Å². The van der Waals surface area contributed by atoms with E-state index in [9.17, 15) is 14.9 Å². The molecule has 21 heavy (non-hydrogen) atoms. The van der Waals surface area contributed by atoms with Gasteiger partial charge in [0.05, 0.1) is 17.6 Å². The van der Waals surface area contributed by atoms with E-state index in [1.807, 2.05) is 0 Å². The summed E-state index contributed by atoms with van der Waals surface area (Å²) in [4.78, 5) is 30.0. The molecule has 0 aliphatic rings. The zero-order valence-corrected chi connectivity index (χ0v) is 11.5. The van der Waals surface area contributed by atoms with E-state index in [0.717, 1.165) is 0 Å². The molecular formula is C12H9ClN4O4. The molecule has 0 bridgehead atoms. The number of ether oxygens (including phenoxy) is 1. The second kappa shape index (κ2) is 6.14. The average Bonchev–Trinajstić information content (AvgIpc) is 2.46. The van der Waals surface area contributed by atoms with Crippen molar-refractivity contribution in [2.75, 3.05) is 12.4 Å². The van der Waals surface area contributed by atoms with Gasteiger partial charge in [-0.3, -0.25) is 20.2 Å². The van der Waals surface area contributed by atoms with Crippen molar-refractivity contribution in [3.63, 3.8) is 0 Å². The third kappa shape index (κ3) is 3.23. The number of para-hydroxylation sites is 1. The monoisotopic (exact) mass is 308 g/mol. The summed E-state index contributed by atoms with van der Waals surface area (Å²) in [5.74, 6) is -0.791. The molecule has 1 heterocycles. The lowest BCUT2D eigenvalue weighted by Gasteiger charge is -2.08. The third-order valence-corrected chi connectivity index (χ3v) is 2.70. The van der Waals surface area contributed by atoms with Crippen molar-refractivity contribution in [3.05, 3.63) is 51.3 Å². The Morgan fingerprint density at radius 3 is 2.81 bits per heavy atom. The lowest BCUT2D eigenvalue weighted by Crippen LogP contribution is -2.15. The number of hydrogen-bond donors (Lipinski definition) is 1. The topological polar surface area (TPSA) is 107 Å². The fraction of sp³-hybridized carbons (Fsp3) is 0.0833. The molecule has 0 aliphatic heterocycles. The summed E-state index contributed by atoms with van der Waals surface area (Å²) in [5.41, 5.74) is -0.313. The summed E-state index contributed by atoms with van der Waals surface area (Å²) >= 11 is 5.68. The standard InChI is InChI=1S/C12H9ClN4O4/c1-21-10-7(3-2-4-8(10)17(19)20)11(18)16-12-14-6-5-9(13)15-12/h2-6H,1H3,(H,14,15,16,18). The number of halogens is 1. The molecule has 1 aromatic heterocycles. The van der Waals surface area contributed by atoms with Crippen molar-refractivity contribution in [2.24, 2.45) is 0 Å². The highest BCUT2D eigenvalue weighted by molar-refractivity contribution is 6.29. The van der Waals surface area contributed by atoms with E-state index in [2.05, 4.69) is 15.3 Å². The second-order valence-corrected chi connectivity index (χ2v) is 4.16. The minimum Gasteiger partial charge on any atom is -0.490 e. The van der Waals surface area contributed by atoms with Crippen LogP contribution in [0.2, 0.25) is 5.15 Å². The van der Waals surface area contributed by atoms with Crippen LogP contribution in [-0.2, 0) is 0 Å². The molecule has 0 saturated heterocycles. The lowest BCUT2D eigenvalue weighted by molar-refractivity contribution is -0.385. The molecule has 0 aliphatic carbocycles. The zero-order chi connectivity index (χ0) is 15.4. The Bertz CT molecular complexity index is 707. The van der Waals surface area contributed by atoms with Gasteiger partial charge in [0.15, 0.2) is 0 Å². The average molecular weight is 309 g/mol. The van der Waals surface area contributed by atoms with Crippen LogP contribution in [0.15, 0.2) is 30.5 Å². The molecule has 0 spiro atoms. The van der Waals surface area contributed by atoms with Crippen LogP contribution < -0.4 is 10.1 Å². The first-order valence-electron chi connectivity index (χ1n) is 5.64. The summed E-state index contributed by atoms with van der Waals surface area (Å²) in [6.45, 7) is 0. The Hall–Kier alpha value is -2.74. The molecule has 0 saturated carbocycles. The summed E-state index contributed by atoms with van der Waals surface area (Å²) < 4.78 is 4.95. The molecular weight excluding hydrogens is 300 g/mol. The van der Waals surface area contributed by atoms with Crippen LogP contribution >= 0.6 is 11.6 Å². The maximum atomic E-state index is 12.1. The van der Waals surface area contributed by atoms with Crippen molar-refractivity contribution < 1.29 is 14.5 Å². The van der Waals surface area contributed by atoms with Crippen molar-refractivity contribution in [3.8, 4) is 5.75 Å². The van der Waals surface area contributed by atoms with E-state index >= 15 is 0 Å². The largest absolute Gasteiger partial charge is 0.490 e. The van der Waals surface area contributed by atoms with E-state index in [1.54, 1.807) is 0 Å². The number of anilines is 1. The minimum atomic E-state index is -0.641. The number of amides is 1. The Balaban J connectivity index is 2.35. The van der Waals surface area contributed by atoms with Crippen molar-refractivity contribution in [1.82, 2.24) is 9.97 Å². The van der Waals surface area contributed by atoms with Crippen molar-refractivity contribution in [2.45, 2.75) is 0 Å². The number of carbonyl (C=O) groups is 1. The van der Waals surface area contributed by atoms with E-state index in [0.29, 0.717) is 0 Å². The smallest absolute Gasteiger partial charge is 0.311 e. The quantitative estimate of drug-likeness (QED) is 0.527. The summed E-state index contributed by atoms with van der Waals surface area (Å²) in [6.07, 6.45) is 1.37. The number of rotatable bonds is 4. The predicted molar refractivity (Wildman–Crippen MR) is 74.6 cm³/mol. The molecule has 2 rings (SSSR count). The van der Waals surface area contributed by atoms with E-state index < -0.39 is 10.8 Å². The number of nitrogens with zero attached hydrogens (tertiary/aromatic N) is 3. The van der Waals surface area contributed by atoms with Gasteiger partial charge in [-0.1, -0.05) is 17.7 Å². The molecule has 108 valence electrons. The Labute approximate surface area is 123 Å². The number of methoxy groups -OCH3 is 1. The van der Waals surface area contributed by atoms with Gasteiger partial charge in [-0.2, -0.15) is 0 Å². The fourth-order valence-electron chi connectivity index (χ4n) is 1.63. The van der Waals surface area contributed by atoms with E-state index in [-0.39, 0.29) is 28.1 Å². The molecule has 1 amide bonds. The van der Waals surface area contributed by atoms with Gasteiger partial charge in [-0.15, -0.1) is 0 Å². The second-order valence-electron chi connectivity index (χ2n) is 3.77. The van der Waals surface area contributed by atoms with Gasteiger partial charge in [-0.05, 0) is 12.1 Å². The Morgan fingerprint density at radius 1 is 1.43 bits per heavy atom. The van der Waals surface area contributed by atoms with Crippen LogP contribution in [-0.4, -0.2) is 27.9 Å². The SMILES string of the molecule is COc1c(C(=O)Nc2nccc(Cl)n2)cccc1[N+](=O)[O-]. The minimum absolute atomic E-state index is 0.00437. The molecule has 8 nitrogen and oxygen atoms in total. The number of benzene rings is 1. The van der Waals surface area contributed by atoms with Crippen LogP contribution in [0.1, 0.15) is 10.4 Å². The van der Waals surface area contributed by atoms with E-state index in [4.69, 9.17) is 16.3 Å². The molecule has 1 N–H and O–H groups in total. The van der Waals surface area contributed by atoms with Crippen LogP contribution in [0.25, 0.3) is 0 Å². The first-order valence-corrected chi connectivity index (χ1v) is 6.02. The van der Waals surface area contributed by atoms with Crippen LogP contribution in [0.5, 0.6) is 5.75 Å². The van der Waals surface area contributed by atoms with Gasteiger partial charge in [0, 0.05) is 12.3 Å². The number of carbonyl (C=O) groups excluding carboxylic acids is 1. The summed E-state index contributed by atoms with van der Waals surface area (Å²) in [6, 6.07) is 5.47. The fourth-order valence-corrected chi connectivity index (χ4v) is 1.76. The molecule has 9 heteroatoms. The van der Waals surface area contributed by atoms with Crippen LogP contribution in [0.3, 0.4) is 0 Å². The van der Waals surface area contributed by atoms with Gasteiger partial charge in [0.25, 0.3) is 5.91 Å². The number of nitro groups is 1. The number of nitro benzene ring substituents is 1. The highest BCUT2D eigenvalue weighted by Gasteiger charge is 2.22. The van der Waals surface area contributed by atoms with Crippen molar-refractivity contribution >= 4 is 29.1 Å². The third-order valence-electron chi connectivity index (χ3n) is 2.49. The highest BCUT2D eigenvalue weighted by atomic mass is 35.5. The molecule has 0 fully saturated rings. The molecule has 0 unspecified atom stereocenters. The highest BCUT2D eigenvalue weighted by Crippen LogP contribution is 2.30. The van der Waals surface area contributed by atoms with E-state index in [1.165, 1.54) is 37.6 Å². The molecule has 2 aromatic rings. The van der Waals surface area contributed by atoms with Gasteiger partial charge >= 0.3 is 5.69 Å². The molecule has 0 atom stereocenters. The predicted octanol–water partition coefficient (Wildman–Crippen LogP) is 2.30. The molecule has 0 radical (unpaired) electrons. The summed E-state index contributed by atoms with van der Waals surface area (Å²) in [5, 5.41) is 13.5. The van der Waals surface area contributed by atoms with Gasteiger partial charge in [0.1, 0.15) is 5.15 Å². The lowest BCUT2D eigenvalue weighted by atomic mass is 10.1. The normalized spacial score (nSPS) is 10.0. The maximum Gasteiger partial charge on any atom is 0.311 e. The Morgan fingerprint density at radius 2 is 2.19 bits per heavy atom. The zero-order valence-electron chi connectivity index (χ0n) is 10.7. The maximum absolute atomic E-state index is 12.1. The number of aromatic nitrogens is 2. The summed E-state index contributed by atoms with van der Waals surface area (Å²) in [7, 11) is 1.25. The molecule has 1 aromatic carbocycles. The number of hydrogen-bond acceptors (Lipinski definition) is 6. The van der Waals surface area contributed by atoms with Gasteiger partial charge < -0.3 is 4.74 Å². The van der Waals surface area contributed by atoms with Crippen LogP contribution in [0, 0.1) is 10.1 Å². The van der Waals surface area contributed by atoms with Gasteiger partial charge in [-0.25, -0.2) is 9.97 Å². The first-order chi connectivity index (χ1) is 10.0. The number of nitrogens with one attached hydrogen (secondary N) is 1. The van der Waals surface area contributed by atoms with Gasteiger partial charge in [0.2, 0.25) is 11.7 Å². The van der Waals surface area contributed by atoms with Crippen LogP contribution in [0.4, 0.5) is 11.6 Å². The Kier molecular flexibility index (Phi) is 4.29.